The molecule has 98 valence electrons. The summed E-state index contributed by atoms with van der Waals surface area (Å²) in [5.41, 5.74) is 7.92. The lowest BCUT2D eigenvalue weighted by Crippen LogP contribution is -2.31. The number of nitrogens with zero attached hydrogens (tertiary/aromatic N) is 1. The summed E-state index contributed by atoms with van der Waals surface area (Å²) in [7, 11) is -3.62. The zero-order chi connectivity index (χ0) is 13.9. The Bertz CT molecular complexity index is 586. The van der Waals surface area contributed by atoms with Gasteiger partial charge in [0.25, 0.3) is 0 Å². The van der Waals surface area contributed by atoms with Gasteiger partial charge < -0.3 is 5.73 Å². The van der Waals surface area contributed by atoms with E-state index in [0.29, 0.717) is 6.54 Å². The lowest BCUT2D eigenvalue weighted by atomic mass is 10.1. The normalized spacial score (nSPS) is 11.5. The van der Waals surface area contributed by atoms with Crippen molar-refractivity contribution in [1.29, 1.82) is 0 Å². The molecule has 0 saturated heterocycles. The van der Waals surface area contributed by atoms with Crippen LogP contribution in [0.4, 0.5) is 5.69 Å². The van der Waals surface area contributed by atoms with E-state index in [9.17, 15) is 8.42 Å². The fourth-order valence-corrected chi connectivity index (χ4v) is 3.19. The monoisotopic (exact) mass is 266 g/mol. The molecule has 18 heavy (non-hydrogen) atoms. The molecule has 0 fully saturated rings. The van der Waals surface area contributed by atoms with E-state index in [4.69, 9.17) is 12.2 Å². The van der Waals surface area contributed by atoms with Crippen molar-refractivity contribution in [2.45, 2.75) is 25.7 Å². The second kappa shape index (κ2) is 5.42. The van der Waals surface area contributed by atoms with Crippen LogP contribution >= 0.6 is 0 Å². The number of nitrogen functional groups attached to an aromatic ring is 1. The van der Waals surface area contributed by atoms with Gasteiger partial charge in [0.15, 0.2) is 0 Å². The van der Waals surface area contributed by atoms with Gasteiger partial charge in [0.1, 0.15) is 4.90 Å². The van der Waals surface area contributed by atoms with Gasteiger partial charge >= 0.3 is 0 Å². The molecule has 0 bridgehead atoms. The number of rotatable bonds is 4. The number of nitrogens with two attached hydrogens (primary N) is 1. The first-order valence-corrected chi connectivity index (χ1v) is 7.09. The van der Waals surface area contributed by atoms with Crippen LogP contribution in [0.15, 0.2) is 17.0 Å². The first-order valence-electron chi connectivity index (χ1n) is 5.65. The highest BCUT2D eigenvalue weighted by molar-refractivity contribution is 7.89. The van der Waals surface area contributed by atoms with Crippen LogP contribution in [-0.2, 0) is 10.0 Å². The van der Waals surface area contributed by atoms with Crippen molar-refractivity contribution in [2.24, 2.45) is 0 Å². The van der Waals surface area contributed by atoms with Crippen molar-refractivity contribution in [2.75, 3.05) is 18.8 Å². The smallest absolute Gasteiger partial charge is 0.245 e. The maximum Gasteiger partial charge on any atom is 0.245 e. The minimum absolute atomic E-state index is 0.0468. The molecule has 0 aromatic heterocycles. The van der Waals surface area contributed by atoms with Crippen molar-refractivity contribution < 1.29 is 8.42 Å². The van der Waals surface area contributed by atoms with E-state index in [-0.39, 0.29) is 17.1 Å². The van der Waals surface area contributed by atoms with Gasteiger partial charge in [0.2, 0.25) is 10.0 Å². The van der Waals surface area contributed by atoms with E-state index < -0.39 is 10.0 Å². The van der Waals surface area contributed by atoms with E-state index in [1.165, 1.54) is 4.31 Å². The Kier molecular flexibility index (Phi) is 4.38. The molecule has 0 unspecified atom stereocenters. The predicted molar refractivity (Wildman–Crippen MR) is 73.6 cm³/mol. The summed E-state index contributed by atoms with van der Waals surface area (Å²) in [6, 6.07) is 3.27. The number of hydrogen-bond donors (Lipinski definition) is 1. The maximum atomic E-state index is 12.4. The van der Waals surface area contributed by atoms with Gasteiger partial charge in [-0.1, -0.05) is 12.8 Å². The summed E-state index contributed by atoms with van der Waals surface area (Å²) < 4.78 is 26.0. The Morgan fingerprint density at radius 2 is 1.89 bits per heavy atom. The van der Waals surface area contributed by atoms with Crippen LogP contribution in [-0.4, -0.2) is 25.8 Å². The van der Waals surface area contributed by atoms with Crippen LogP contribution in [0.3, 0.4) is 0 Å². The highest BCUT2D eigenvalue weighted by atomic mass is 32.2. The standard InChI is InChI=1S/C13H18N2O2S/c1-5-7-15(6-2)18(16,17)13-9-11(4)10(3)8-12(13)14/h1,8-9H,6-7,14H2,2-4H3. The van der Waals surface area contributed by atoms with Gasteiger partial charge in [-0.25, -0.2) is 8.42 Å². The minimum atomic E-state index is -3.62. The second-order valence-electron chi connectivity index (χ2n) is 4.11. The highest BCUT2D eigenvalue weighted by Crippen LogP contribution is 2.25. The molecule has 0 saturated carbocycles. The Morgan fingerprint density at radius 3 is 2.39 bits per heavy atom. The third kappa shape index (κ3) is 2.66. The van der Waals surface area contributed by atoms with E-state index in [1.807, 2.05) is 13.8 Å². The molecule has 2 N–H and O–H groups in total. The van der Waals surface area contributed by atoms with Gasteiger partial charge in [0.05, 0.1) is 12.2 Å². The molecule has 4 nitrogen and oxygen atoms in total. The molecule has 1 rings (SSSR count). The fraction of sp³-hybridized carbons (Fsp3) is 0.385. The summed E-state index contributed by atoms with van der Waals surface area (Å²) in [6.07, 6.45) is 5.18. The van der Waals surface area contributed by atoms with Crippen molar-refractivity contribution in [3.63, 3.8) is 0 Å². The first-order chi connectivity index (χ1) is 8.34. The van der Waals surface area contributed by atoms with Crippen molar-refractivity contribution in [3.8, 4) is 12.3 Å². The first kappa shape index (κ1) is 14.6. The third-order valence-corrected chi connectivity index (χ3v) is 4.84. The number of hydrogen-bond acceptors (Lipinski definition) is 3. The number of anilines is 1. The molecule has 1 aromatic rings. The predicted octanol–water partition coefficient (Wildman–Crippen LogP) is 1.53. The van der Waals surface area contributed by atoms with E-state index in [1.54, 1.807) is 19.1 Å². The summed E-state index contributed by atoms with van der Waals surface area (Å²) in [4.78, 5) is 0.128. The molecular weight excluding hydrogens is 248 g/mol. The number of benzene rings is 1. The van der Waals surface area contributed by atoms with Crippen LogP contribution < -0.4 is 5.73 Å². The van der Waals surface area contributed by atoms with Crippen LogP contribution in [0.25, 0.3) is 0 Å². The van der Waals surface area contributed by atoms with Gasteiger partial charge in [-0.2, -0.15) is 4.31 Å². The van der Waals surface area contributed by atoms with Gasteiger partial charge in [-0.3, -0.25) is 0 Å². The van der Waals surface area contributed by atoms with Gasteiger partial charge in [0, 0.05) is 6.54 Å². The zero-order valence-electron chi connectivity index (χ0n) is 10.9. The molecule has 0 aliphatic heterocycles. The topological polar surface area (TPSA) is 63.4 Å². The van der Waals surface area contributed by atoms with Gasteiger partial charge in [-0.15, -0.1) is 6.42 Å². The summed E-state index contributed by atoms with van der Waals surface area (Å²) >= 11 is 0. The van der Waals surface area contributed by atoms with E-state index in [0.717, 1.165) is 11.1 Å². The lowest BCUT2D eigenvalue weighted by molar-refractivity contribution is 0.464. The molecule has 5 heteroatoms. The maximum absolute atomic E-state index is 12.4. The summed E-state index contributed by atoms with van der Waals surface area (Å²) in [5.74, 6) is 2.35. The lowest BCUT2D eigenvalue weighted by Gasteiger charge is -2.19. The molecule has 0 atom stereocenters. The van der Waals surface area contributed by atoms with Crippen molar-refractivity contribution in [3.05, 3.63) is 23.3 Å². The van der Waals surface area contributed by atoms with Crippen molar-refractivity contribution in [1.82, 2.24) is 4.31 Å². The minimum Gasteiger partial charge on any atom is -0.398 e. The molecule has 0 aliphatic rings. The van der Waals surface area contributed by atoms with E-state index >= 15 is 0 Å². The average Bonchev–Trinajstić information content (AvgIpc) is 2.30. The molecule has 1 aromatic carbocycles. The molecule has 0 radical (unpaired) electrons. The second-order valence-corrected chi connectivity index (χ2v) is 6.02. The molecule has 0 heterocycles. The van der Waals surface area contributed by atoms with Crippen molar-refractivity contribution >= 4 is 15.7 Å². The fourth-order valence-electron chi connectivity index (χ4n) is 1.64. The van der Waals surface area contributed by atoms with Crippen LogP contribution in [0, 0.1) is 26.2 Å². The Labute approximate surface area is 109 Å². The number of terminal acetylenes is 1. The molecule has 0 aliphatic carbocycles. The Morgan fingerprint density at radius 1 is 1.33 bits per heavy atom. The average molecular weight is 266 g/mol. The number of aryl methyl sites for hydroxylation is 2. The SMILES string of the molecule is C#CCN(CC)S(=O)(=O)c1cc(C)c(C)cc1N. The highest BCUT2D eigenvalue weighted by Gasteiger charge is 2.25. The largest absolute Gasteiger partial charge is 0.398 e. The number of sulfonamides is 1. The quantitative estimate of drug-likeness (QED) is 0.664. The van der Waals surface area contributed by atoms with Crippen LogP contribution in [0.1, 0.15) is 18.1 Å². The van der Waals surface area contributed by atoms with Crippen LogP contribution in [0.5, 0.6) is 0 Å². The molecule has 0 spiro atoms. The van der Waals surface area contributed by atoms with E-state index in [2.05, 4.69) is 5.92 Å². The zero-order valence-corrected chi connectivity index (χ0v) is 11.7. The van der Waals surface area contributed by atoms with Crippen LogP contribution in [0.2, 0.25) is 0 Å². The third-order valence-electron chi connectivity index (χ3n) is 2.86. The molecule has 0 amide bonds. The summed E-state index contributed by atoms with van der Waals surface area (Å²) in [6.45, 7) is 5.85. The molecular formula is C13H18N2O2S. The Hall–Kier alpha value is -1.51. The van der Waals surface area contributed by atoms with Gasteiger partial charge in [-0.05, 0) is 37.1 Å². The Balaban J connectivity index is 3.37. The summed E-state index contributed by atoms with van der Waals surface area (Å²) in [5, 5.41) is 0.